The van der Waals surface area contributed by atoms with Gasteiger partial charge >= 0.3 is 0 Å². The molecule has 0 aliphatic carbocycles. The lowest BCUT2D eigenvalue weighted by molar-refractivity contribution is 0.0993. The van der Waals surface area contributed by atoms with Crippen LogP contribution in [0.5, 0.6) is 0 Å². The molecule has 0 saturated carbocycles. The van der Waals surface area contributed by atoms with Gasteiger partial charge in [0.15, 0.2) is 5.78 Å². The second-order valence-corrected chi connectivity index (χ2v) is 5.23. The van der Waals surface area contributed by atoms with Crippen molar-refractivity contribution in [3.63, 3.8) is 0 Å². The number of Topliss-reactive ketones (excluding diaryl/α,β-unsaturated/α-hetero) is 1. The molecule has 0 fully saturated rings. The van der Waals surface area contributed by atoms with Crippen molar-refractivity contribution in [3.8, 4) is 0 Å². The number of benzene rings is 2. The Kier molecular flexibility index (Phi) is 3.55. The van der Waals surface area contributed by atoms with E-state index in [1.165, 1.54) is 12.1 Å². The zero-order valence-corrected chi connectivity index (χ0v) is 11.4. The Hall–Kier alpha value is -1.71. The summed E-state index contributed by atoms with van der Waals surface area (Å²) in [5, 5.41) is 0.0395. The zero-order chi connectivity index (χ0) is 14.1. The number of carbonyl (C=O) groups is 1. The van der Waals surface area contributed by atoms with E-state index < -0.39 is 5.82 Å². The van der Waals surface area contributed by atoms with Crippen molar-refractivity contribution in [1.82, 2.24) is 0 Å². The lowest BCUT2D eigenvalue weighted by Crippen LogP contribution is -2.04. The summed E-state index contributed by atoms with van der Waals surface area (Å²) in [5.41, 5.74) is 3.55. The average molecular weight is 291 g/mol. The fraction of sp³-hybridized carbons (Fsp3) is 0.188. The minimum Gasteiger partial charge on any atom is -0.372 e. The molecule has 0 saturated heterocycles. The van der Waals surface area contributed by atoms with Crippen molar-refractivity contribution in [2.45, 2.75) is 19.6 Å². The standard InChI is InChI=1S/C16H12ClFO2/c17-14-5-10(1-4-15(14)18)6-16(19)11-2-3-12-8-20-9-13(12)7-11/h1-5,7H,6,8-9H2. The molecule has 20 heavy (non-hydrogen) atoms. The van der Waals surface area contributed by atoms with Gasteiger partial charge in [-0.15, -0.1) is 0 Å². The van der Waals surface area contributed by atoms with Gasteiger partial charge in [0.1, 0.15) is 5.82 Å². The van der Waals surface area contributed by atoms with E-state index in [4.69, 9.17) is 16.3 Å². The molecule has 0 amide bonds. The minimum atomic E-state index is -0.474. The van der Waals surface area contributed by atoms with E-state index in [0.717, 1.165) is 11.1 Å². The summed E-state index contributed by atoms with van der Waals surface area (Å²) >= 11 is 5.72. The van der Waals surface area contributed by atoms with Crippen molar-refractivity contribution in [3.05, 3.63) is 69.5 Å². The average Bonchev–Trinajstić information content (AvgIpc) is 2.90. The van der Waals surface area contributed by atoms with Crippen LogP contribution in [0.2, 0.25) is 5.02 Å². The van der Waals surface area contributed by atoms with Crippen LogP contribution < -0.4 is 0 Å². The van der Waals surface area contributed by atoms with E-state index in [0.29, 0.717) is 24.3 Å². The molecule has 0 bridgehead atoms. The van der Waals surface area contributed by atoms with Crippen LogP contribution in [0, 0.1) is 5.82 Å². The van der Waals surface area contributed by atoms with Crippen LogP contribution in [0.4, 0.5) is 4.39 Å². The Labute approximate surface area is 121 Å². The summed E-state index contributed by atoms with van der Waals surface area (Å²) in [4.78, 5) is 12.2. The van der Waals surface area contributed by atoms with Crippen molar-refractivity contribution < 1.29 is 13.9 Å². The van der Waals surface area contributed by atoms with Gasteiger partial charge in [0.05, 0.1) is 18.2 Å². The molecule has 1 aliphatic heterocycles. The van der Waals surface area contributed by atoms with Crippen LogP contribution in [0.15, 0.2) is 36.4 Å². The summed E-state index contributed by atoms with van der Waals surface area (Å²) in [5.74, 6) is -0.486. The minimum absolute atomic E-state index is 0.0117. The lowest BCUT2D eigenvalue weighted by atomic mass is 9.99. The second-order valence-electron chi connectivity index (χ2n) is 4.82. The third-order valence-corrected chi connectivity index (χ3v) is 3.68. The largest absolute Gasteiger partial charge is 0.372 e. The number of ketones is 1. The number of rotatable bonds is 3. The molecule has 0 aromatic heterocycles. The molecule has 4 heteroatoms. The first-order valence-corrected chi connectivity index (χ1v) is 6.68. The quantitative estimate of drug-likeness (QED) is 0.801. The van der Waals surface area contributed by atoms with Gasteiger partial charge in [0.25, 0.3) is 0 Å². The van der Waals surface area contributed by atoms with E-state index in [1.807, 2.05) is 12.1 Å². The van der Waals surface area contributed by atoms with Crippen LogP contribution in [0.1, 0.15) is 27.0 Å². The molecular formula is C16H12ClFO2. The van der Waals surface area contributed by atoms with Gasteiger partial charge in [0, 0.05) is 12.0 Å². The molecule has 3 rings (SSSR count). The maximum Gasteiger partial charge on any atom is 0.167 e. The molecule has 2 nitrogen and oxygen atoms in total. The number of halogens is 2. The first kappa shape index (κ1) is 13.3. The highest BCUT2D eigenvalue weighted by atomic mass is 35.5. The van der Waals surface area contributed by atoms with E-state index >= 15 is 0 Å². The molecular weight excluding hydrogens is 279 g/mol. The van der Waals surface area contributed by atoms with Gasteiger partial charge in [-0.1, -0.05) is 29.8 Å². The molecule has 0 atom stereocenters. The smallest absolute Gasteiger partial charge is 0.167 e. The Morgan fingerprint density at radius 2 is 1.95 bits per heavy atom. The Morgan fingerprint density at radius 3 is 2.75 bits per heavy atom. The van der Waals surface area contributed by atoms with Gasteiger partial charge in [0.2, 0.25) is 0 Å². The van der Waals surface area contributed by atoms with Crippen LogP contribution in [-0.4, -0.2) is 5.78 Å². The molecule has 0 N–H and O–H groups in total. The normalized spacial score (nSPS) is 13.3. The molecule has 2 aromatic carbocycles. The second kappa shape index (κ2) is 5.35. The summed E-state index contributed by atoms with van der Waals surface area (Å²) in [6.45, 7) is 1.16. The highest BCUT2D eigenvalue weighted by Gasteiger charge is 2.15. The third-order valence-electron chi connectivity index (χ3n) is 3.39. The van der Waals surface area contributed by atoms with Crippen LogP contribution in [0.3, 0.4) is 0 Å². The highest BCUT2D eigenvalue weighted by molar-refractivity contribution is 6.30. The molecule has 0 spiro atoms. The summed E-state index contributed by atoms with van der Waals surface area (Å²) in [6.07, 6.45) is 0.208. The van der Waals surface area contributed by atoms with Crippen molar-refractivity contribution in [2.24, 2.45) is 0 Å². The first-order chi connectivity index (χ1) is 9.63. The molecule has 102 valence electrons. The van der Waals surface area contributed by atoms with E-state index in [9.17, 15) is 9.18 Å². The van der Waals surface area contributed by atoms with E-state index in [-0.39, 0.29) is 17.2 Å². The number of ether oxygens (including phenoxy) is 1. The van der Waals surface area contributed by atoms with Crippen LogP contribution >= 0.6 is 11.6 Å². The third kappa shape index (κ3) is 2.60. The van der Waals surface area contributed by atoms with E-state index in [1.54, 1.807) is 12.1 Å². The monoisotopic (exact) mass is 290 g/mol. The van der Waals surface area contributed by atoms with Crippen molar-refractivity contribution in [2.75, 3.05) is 0 Å². The number of fused-ring (bicyclic) bond motifs is 1. The van der Waals surface area contributed by atoms with Crippen molar-refractivity contribution in [1.29, 1.82) is 0 Å². The zero-order valence-electron chi connectivity index (χ0n) is 10.7. The number of carbonyl (C=O) groups excluding carboxylic acids is 1. The number of hydrogen-bond donors (Lipinski definition) is 0. The highest BCUT2D eigenvalue weighted by Crippen LogP contribution is 2.22. The van der Waals surface area contributed by atoms with Gasteiger partial charge in [-0.3, -0.25) is 4.79 Å². The van der Waals surface area contributed by atoms with E-state index in [2.05, 4.69) is 0 Å². The van der Waals surface area contributed by atoms with Gasteiger partial charge in [-0.05, 0) is 34.9 Å². The maximum absolute atomic E-state index is 13.1. The topological polar surface area (TPSA) is 26.3 Å². The van der Waals surface area contributed by atoms with Crippen LogP contribution in [0.25, 0.3) is 0 Å². The molecule has 1 aliphatic rings. The maximum atomic E-state index is 13.1. The SMILES string of the molecule is O=C(Cc1ccc(F)c(Cl)c1)c1ccc2c(c1)COC2. The Bertz CT molecular complexity index is 682. The van der Waals surface area contributed by atoms with Gasteiger partial charge < -0.3 is 4.74 Å². The predicted molar refractivity (Wildman–Crippen MR) is 74.4 cm³/mol. The van der Waals surface area contributed by atoms with Gasteiger partial charge in [-0.2, -0.15) is 0 Å². The van der Waals surface area contributed by atoms with Crippen LogP contribution in [-0.2, 0) is 24.4 Å². The molecule has 0 unspecified atom stereocenters. The summed E-state index contributed by atoms with van der Waals surface area (Å²) in [7, 11) is 0. The lowest BCUT2D eigenvalue weighted by Gasteiger charge is -2.05. The Balaban J connectivity index is 1.80. The molecule has 1 heterocycles. The summed E-state index contributed by atoms with van der Waals surface area (Å²) < 4.78 is 18.4. The first-order valence-electron chi connectivity index (χ1n) is 6.30. The Morgan fingerprint density at radius 1 is 1.15 bits per heavy atom. The molecule has 2 aromatic rings. The predicted octanol–water partition coefficient (Wildman–Crippen LogP) is 3.93. The number of hydrogen-bond acceptors (Lipinski definition) is 2. The van der Waals surface area contributed by atoms with Crippen molar-refractivity contribution >= 4 is 17.4 Å². The summed E-state index contributed by atoms with van der Waals surface area (Å²) in [6, 6.07) is 9.95. The van der Waals surface area contributed by atoms with Gasteiger partial charge in [-0.25, -0.2) is 4.39 Å². The molecule has 0 radical (unpaired) electrons. The fourth-order valence-corrected chi connectivity index (χ4v) is 2.49. The fourth-order valence-electron chi connectivity index (χ4n) is 2.28.